The van der Waals surface area contributed by atoms with Crippen LogP contribution < -0.4 is 4.74 Å². The lowest BCUT2D eigenvalue weighted by Crippen LogP contribution is -2.19. The molecular formula is C11H16FNO2. The van der Waals surface area contributed by atoms with Gasteiger partial charge in [0.05, 0.1) is 6.61 Å². The molecule has 0 atom stereocenters. The monoisotopic (exact) mass is 213 g/mol. The molecule has 84 valence electrons. The molecule has 0 saturated carbocycles. The van der Waals surface area contributed by atoms with Gasteiger partial charge in [-0.15, -0.1) is 0 Å². The molecule has 4 heteroatoms. The van der Waals surface area contributed by atoms with Crippen LogP contribution in [0.5, 0.6) is 5.75 Å². The van der Waals surface area contributed by atoms with Gasteiger partial charge < -0.3 is 14.7 Å². The number of hydrogen-bond donors (Lipinski definition) is 1. The zero-order chi connectivity index (χ0) is 11.3. The summed E-state index contributed by atoms with van der Waals surface area (Å²) >= 11 is 0. The third-order valence-electron chi connectivity index (χ3n) is 1.97. The Morgan fingerprint density at radius 3 is 2.67 bits per heavy atom. The fourth-order valence-corrected chi connectivity index (χ4v) is 1.10. The predicted octanol–water partition coefficient (Wildman–Crippen LogP) is 1.26. The first-order valence-corrected chi connectivity index (χ1v) is 4.80. The Morgan fingerprint density at radius 1 is 1.40 bits per heavy atom. The number of hydrogen-bond acceptors (Lipinski definition) is 3. The summed E-state index contributed by atoms with van der Waals surface area (Å²) in [6.45, 7) is 1.03. The normalized spacial score (nSPS) is 10.7. The zero-order valence-electron chi connectivity index (χ0n) is 9.03. The quantitative estimate of drug-likeness (QED) is 0.799. The number of aliphatic hydroxyl groups is 1. The Morgan fingerprint density at radius 2 is 2.13 bits per heavy atom. The van der Waals surface area contributed by atoms with Gasteiger partial charge in [-0.05, 0) is 31.8 Å². The van der Waals surface area contributed by atoms with Gasteiger partial charge in [0.1, 0.15) is 6.61 Å². The molecule has 0 heterocycles. The number of nitrogens with zero attached hydrogens (tertiary/aromatic N) is 1. The van der Waals surface area contributed by atoms with E-state index >= 15 is 0 Å². The highest BCUT2D eigenvalue weighted by atomic mass is 19.1. The van der Waals surface area contributed by atoms with E-state index < -0.39 is 5.82 Å². The van der Waals surface area contributed by atoms with Crippen LogP contribution in [0.3, 0.4) is 0 Å². The smallest absolute Gasteiger partial charge is 0.165 e. The first-order chi connectivity index (χ1) is 7.13. The molecule has 0 amide bonds. The van der Waals surface area contributed by atoms with E-state index in [0.29, 0.717) is 12.2 Å². The molecule has 1 aromatic carbocycles. The Labute approximate surface area is 89.1 Å². The summed E-state index contributed by atoms with van der Waals surface area (Å²) in [5, 5.41) is 8.79. The van der Waals surface area contributed by atoms with Crippen molar-refractivity contribution >= 4 is 0 Å². The fourth-order valence-electron chi connectivity index (χ4n) is 1.10. The number of rotatable bonds is 5. The Kier molecular flexibility index (Phi) is 4.52. The van der Waals surface area contributed by atoms with Gasteiger partial charge in [0.15, 0.2) is 11.6 Å². The summed E-state index contributed by atoms with van der Waals surface area (Å²) in [6.07, 6.45) is 0. The van der Waals surface area contributed by atoms with E-state index in [1.807, 2.05) is 19.0 Å². The number of halogens is 1. The van der Waals surface area contributed by atoms with Crippen molar-refractivity contribution in [1.29, 1.82) is 0 Å². The van der Waals surface area contributed by atoms with Crippen LogP contribution in [0.2, 0.25) is 0 Å². The number of aliphatic hydroxyl groups excluding tert-OH is 1. The molecule has 0 bridgehead atoms. The van der Waals surface area contributed by atoms with Gasteiger partial charge in [0.2, 0.25) is 0 Å². The molecule has 0 fully saturated rings. The van der Waals surface area contributed by atoms with Crippen molar-refractivity contribution in [2.24, 2.45) is 0 Å². The number of likely N-dealkylation sites (N-methyl/N-ethyl adjacent to an activating group) is 1. The van der Waals surface area contributed by atoms with E-state index in [2.05, 4.69) is 0 Å². The van der Waals surface area contributed by atoms with E-state index in [9.17, 15) is 4.39 Å². The lowest BCUT2D eigenvalue weighted by molar-refractivity contribution is 0.251. The van der Waals surface area contributed by atoms with Crippen LogP contribution in [0.15, 0.2) is 18.2 Å². The van der Waals surface area contributed by atoms with Crippen molar-refractivity contribution in [3.8, 4) is 5.75 Å². The van der Waals surface area contributed by atoms with Crippen molar-refractivity contribution in [3.63, 3.8) is 0 Å². The Balaban J connectivity index is 2.54. The second-order valence-corrected chi connectivity index (χ2v) is 3.57. The van der Waals surface area contributed by atoms with Gasteiger partial charge in [-0.25, -0.2) is 4.39 Å². The number of ether oxygens (including phenoxy) is 1. The summed E-state index contributed by atoms with van der Waals surface area (Å²) in [7, 11) is 3.85. The van der Waals surface area contributed by atoms with Crippen LogP contribution in [-0.4, -0.2) is 37.3 Å². The highest BCUT2D eigenvalue weighted by Crippen LogP contribution is 2.18. The summed E-state index contributed by atoms with van der Waals surface area (Å²) in [5.74, 6) is -0.200. The average molecular weight is 213 g/mol. The fraction of sp³-hybridized carbons (Fsp3) is 0.455. The van der Waals surface area contributed by atoms with E-state index in [1.165, 1.54) is 12.1 Å². The van der Waals surface area contributed by atoms with Crippen molar-refractivity contribution in [2.75, 3.05) is 27.2 Å². The van der Waals surface area contributed by atoms with E-state index in [4.69, 9.17) is 9.84 Å². The summed E-state index contributed by atoms with van der Waals surface area (Å²) in [4.78, 5) is 1.96. The maximum Gasteiger partial charge on any atom is 0.165 e. The molecule has 0 aliphatic carbocycles. The molecule has 0 spiro atoms. The second kappa shape index (κ2) is 5.68. The minimum atomic E-state index is -0.430. The van der Waals surface area contributed by atoms with Gasteiger partial charge in [-0.1, -0.05) is 6.07 Å². The van der Waals surface area contributed by atoms with Crippen molar-refractivity contribution < 1.29 is 14.2 Å². The van der Waals surface area contributed by atoms with Crippen LogP contribution in [0.25, 0.3) is 0 Å². The minimum Gasteiger partial charge on any atom is -0.489 e. The SMILES string of the molecule is CN(C)CCOc1ccc(CO)cc1F. The molecule has 0 aliphatic rings. The molecule has 0 saturated heterocycles. The van der Waals surface area contributed by atoms with Crippen molar-refractivity contribution in [1.82, 2.24) is 4.90 Å². The molecular weight excluding hydrogens is 197 g/mol. The molecule has 0 radical (unpaired) electrons. The summed E-state index contributed by atoms with van der Waals surface area (Å²) in [6, 6.07) is 4.47. The Bertz CT molecular complexity index is 315. The third kappa shape index (κ3) is 3.85. The Hall–Kier alpha value is -1.13. The van der Waals surface area contributed by atoms with Gasteiger partial charge >= 0.3 is 0 Å². The van der Waals surface area contributed by atoms with Gasteiger partial charge in [-0.2, -0.15) is 0 Å². The van der Waals surface area contributed by atoms with E-state index in [1.54, 1.807) is 6.07 Å². The van der Waals surface area contributed by atoms with Crippen molar-refractivity contribution in [2.45, 2.75) is 6.61 Å². The maximum absolute atomic E-state index is 13.3. The molecule has 3 nitrogen and oxygen atoms in total. The molecule has 0 aromatic heterocycles. The first-order valence-electron chi connectivity index (χ1n) is 4.80. The van der Waals surface area contributed by atoms with Crippen molar-refractivity contribution in [3.05, 3.63) is 29.6 Å². The summed E-state index contributed by atoms with van der Waals surface area (Å²) in [5.41, 5.74) is 0.549. The average Bonchev–Trinajstić information content (AvgIpc) is 2.20. The topological polar surface area (TPSA) is 32.7 Å². The van der Waals surface area contributed by atoms with E-state index in [-0.39, 0.29) is 12.4 Å². The highest BCUT2D eigenvalue weighted by molar-refractivity contribution is 5.28. The maximum atomic E-state index is 13.3. The van der Waals surface area contributed by atoms with Crippen LogP contribution in [0.1, 0.15) is 5.56 Å². The lowest BCUT2D eigenvalue weighted by atomic mass is 10.2. The second-order valence-electron chi connectivity index (χ2n) is 3.57. The van der Waals surface area contributed by atoms with E-state index in [0.717, 1.165) is 6.54 Å². The van der Waals surface area contributed by atoms with Crippen LogP contribution in [-0.2, 0) is 6.61 Å². The third-order valence-corrected chi connectivity index (χ3v) is 1.97. The van der Waals surface area contributed by atoms with Gasteiger partial charge in [0.25, 0.3) is 0 Å². The lowest BCUT2D eigenvalue weighted by Gasteiger charge is -2.11. The minimum absolute atomic E-state index is 0.158. The largest absolute Gasteiger partial charge is 0.489 e. The highest BCUT2D eigenvalue weighted by Gasteiger charge is 2.04. The molecule has 15 heavy (non-hydrogen) atoms. The summed E-state index contributed by atoms with van der Waals surface area (Å²) < 4.78 is 18.6. The van der Waals surface area contributed by atoms with Crippen LogP contribution >= 0.6 is 0 Å². The zero-order valence-corrected chi connectivity index (χ0v) is 9.03. The first kappa shape index (κ1) is 11.9. The van der Waals surface area contributed by atoms with Crippen LogP contribution in [0.4, 0.5) is 4.39 Å². The van der Waals surface area contributed by atoms with Crippen LogP contribution in [0, 0.1) is 5.82 Å². The molecule has 1 N–H and O–H groups in total. The number of benzene rings is 1. The molecule has 0 aliphatic heterocycles. The molecule has 1 aromatic rings. The molecule has 0 unspecified atom stereocenters. The standard InChI is InChI=1S/C11H16FNO2/c1-13(2)5-6-15-11-4-3-9(8-14)7-10(11)12/h3-4,7,14H,5-6,8H2,1-2H3. The predicted molar refractivity (Wildman–Crippen MR) is 56.4 cm³/mol. The van der Waals surface area contributed by atoms with Gasteiger partial charge in [-0.3, -0.25) is 0 Å². The van der Waals surface area contributed by atoms with Gasteiger partial charge in [0, 0.05) is 6.54 Å². The molecule has 1 rings (SSSR count).